The maximum atomic E-state index is 9.77. The van der Waals surface area contributed by atoms with Crippen LogP contribution < -0.4 is 30.6 Å². The van der Waals surface area contributed by atoms with Crippen molar-refractivity contribution < 1.29 is 120 Å². The summed E-state index contributed by atoms with van der Waals surface area (Å²) >= 11 is 0. The maximum Gasteiger partial charge on any atom is 2.00 e. The summed E-state index contributed by atoms with van der Waals surface area (Å²) < 4.78 is 0. The number of carbonyl (C=O) groups excluding carboxylic acids is 2. The monoisotopic (exact) mass is 1920 g/mol. The van der Waals surface area contributed by atoms with Crippen LogP contribution in [-0.4, -0.2) is 115 Å². The summed E-state index contributed by atoms with van der Waals surface area (Å²) in [6.07, 6.45) is 0.535. The molecule has 0 aliphatic heterocycles. The summed E-state index contributed by atoms with van der Waals surface area (Å²) in [5.41, 5.74) is 28.2. The fraction of sp³-hybridized carbons (Fsp3) is 0.0408. The molecule has 0 saturated carbocycles. The molecule has 0 fully saturated rings. The van der Waals surface area contributed by atoms with Gasteiger partial charge in [0, 0.05) is 23.3 Å². The van der Waals surface area contributed by atoms with Gasteiger partial charge in [-0.2, -0.15) is 20.4 Å². The van der Waals surface area contributed by atoms with Gasteiger partial charge in [0.25, 0.3) is 0 Å². The molecule has 28 nitrogen and oxygen atoms in total. The van der Waals surface area contributed by atoms with Crippen LogP contribution in [0.1, 0.15) is 25.7 Å². The number of H-pyrrole nitrogens is 4. The van der Waals surface area contributed by atoms with Crippen LogP contribution in [0.2, 0.25) is 0 Å². The number of hydrogen-bond donors (Lipinski definition) is 4. The number of aromatic amines is 4. The van der Waals surface area contributed by atoms with Crippen LogP contribution in [0.15, 0.2) is 364 Å². The minimum atomic E-state index is -1.14. The number of aliphatic carboxylic acids is 2. The van der Waals surface area contributed by atoms with E-state index in [1.54, 1.807) is 0 Å². The molecule has 0 atom stereocenters. The van der Waals surface area contributed by atoms with Crippen molar-refractivity contribution in [2.45, 2.75) is 25.7 Å². The van der Waals surface area contributed by atoms with Gasteiger partial charge in [-0.1, -0.05) is 278 Å². The number of unbranched alkanes of at least 4 members (excludes halogenated alkanes) is 1. The molecule has 0 spiro atoms. The van der Waals surface area contributed by atoms with E-state index in [0.717, 1.165) is 181 Å². The number of carboxylic acid groups (broad SMARTS) is 2. The summed E-state index contributed by atoms with van der Waals surface area (Å²) in [4.78, 5) is 38.5. The number of hydrogen-bond acceptors (Lipinski definition) is 18. The van der Waals surface area contributed by atoms with E-state index in [0.29, 0.717) is 12.8 Å². The molecule has 20 aromatic rings. The first-order chi connectivity index (χ1) is 60.1. The number of benzene rings is 8. The minimum absolute atomic E-state index is 0. The van der Waals surface area contributed by atoms with Crippen LogP contribution >= 0.6 is 0 Å². The van der Waals surface area contributed by atoms with Crippen LogP contribution in [0.3, 0.4) is 0 Å². The van der Waals surface area contributed by atoms with Crippen LogP contribution in [0.4, 0.5) is 0 Å². The third-order valence-electron chi connectivity index (χ3n) is 19.2. The Labute approximate surface area is 797 Å². The average Bonchev–Trinajstić information content (AvgIpc) is 1.67. The van der Waals surface area contributed by atoms with E-state index in [1.807, 2.05) is 364 Å². The first-order valence-electron chi connectivity index (χ1n) is 39.1. The molecule has 0 aliphatic rings. The number of carboxylic acids is 2. The van der Waals surface area contributed by atoms with Crippen molar-refractivity contribution in [1.82, 2.24) is 102 Å². The van der Waals surface area contributed by atoms with Gasteiger partial charge in [-0.25, -0.2) is 19.9 Å². The molecule has 0 saturated heterocycles. The Kier molecular flexibility index (Phi) is 38.7. The predicted molar refractivity (Wildman–Crippen MR) is 477 cm³/mol. The normalized spacial score (nSPS) is 10.1. The Morgan fingerprint density at radius 2 is 0.423 bits per heavy atom. The van der Waals surface area contributed by atoms with Crippen molar-refractivity contribution in [3.05, 3.63) is 364 Å². The van der Waals surface area contributed by atoms with Gasteiger partial charge in [-0.3, -0.25) is 20.4 Å². The van der Waals surface area contributed by atoms with Crippen molar-refractivity contribution in [2.75, 3.05) is 0 Å². The molecule has 8 aromatic carbocycles. The predicted octanol–water partition coefficient (Wildman–Crippen LogP) is 15.3. The van der Waals surface area contributed by atoms with Crippen LogP contribution in [0.5, 0.6) is 0 Å². The van der Waals surface area contributed by atoms with E-state index in [9.17, 15) is 19.8 Å². The first kappa shape index (κ1) is 101. The summed E-state index contributed by atoms with van der Waals surface area (Å²) in [5, 5.41) is 84.0. The second kappa shape index (κ2) is 50.0. The molecule has 12 heterocycles. The van der Waals surface area contributed by atoms with Crippen molar-refractivity contribution in [3.8, 4) is 181 Å². The largest absolute Gasteiger partial charge is 2.00 e. The van der Waals surface area contributed by atoms with Gasteiger partial charge in [0.15, 0.2) is 0 Å². The Bertz CT molecular complexity index is 5600. The first-order valence-corrected chi connectivity index (χ1v) is 39.1. The van der Waals surface area contributed by atoms with E-state index in [2.05, 4.69) is 81.6 Å². The van der Waals surface area contributed by atoms with E-state index >= 15 is 0 Å². The molecule has 20 rings (SSSR count). The van der Waals surface area contributed by atoms with E-state index in [1.165, 1.54) is 0 Å². The molecular weight excluding hydrogens is 1850 g/mol. The molecule has 626 valence electrons. The van der Waals surface area contributed by atoms with Crippen molar-refractivity contribution in [2.24, 2.45) is 0 Å². The van der Waals surface area contributed by atoms with Crippen molar-refractivity contribution in [3.63, 3.8) is 0 Å². The number of nitrogens with one attached hydrogen (secondary N) is 4. The number of rotatable bonds is 21. The van der Waals surface area contributed by atoms with E-state index in [-0.39, 0.29) is 113 Å². The Hall–Kier alpha value is -14.7. The van der Waals surface area contributed by atoms with E-state index in [4.69, 9.17) is 19.9 Å². The van der Waals surface area contributed by atoms with Crippen LogP contribution in [0.25, 0.3) is 181 Å². The summed E-state index contributed by atoms with van der Waals surface area (Å²) in [5.74, 6) is -2.28. The molecule has 10 N–H and O–H groups in total. The minimum Gasteiger partial charge on any atom is -0.870 e. The Balaban J connectivity index is 0.000000202. The second-order valence-corrected chi connectivity index (χ2v) is 27.6. The van der Waals surface area contributed by atoms with Gasteiger partial charge in [-0.15, -0.1) is 11.4 Å². The van der Waals surface area contributed by atoms with Crippen LogP contribution in [-0.2, 0) is 87.5 Å². The molecule has 130 heavy (non-hydrogen) atoms. The summed E-state index contributed by atoms with van der Waals surface area (Å²) in [6.45, 7) is 0. The van der Waals surface area contributed by atoms with Crippen molar-refractivity contribution in [1.29, 1.82) is 0 Å². The quantitative estimate of drug-likeness (QED) is 0.0383. The van der Waals surface area contributed by atoms with Crippen LogP contribution in [0, 0.1) is 0 Å². The molecule has 0 amide bonds. The number of aromatic nitrogens is 20. The van der Waals surface area contributed by atoms with Gasteiger partial charge < -0.3 is 82.5 Å². The zero-order valence-electron chi connectivity index (χ0n) is 70.0. The molecule has 0 unspecified atom stereocenters. The zero-order valence-corrected chi connectivity index (χ0v) is 81.8. The Morgan fingerprint density at radius 3 is 0.677 bits per heavy atom. The van der Waals surface area contributed by atoms with Gasteiger partial charge in [0.1, 0.15) is 22.8 Å². The SMILES string of the molecule is O.O.O=C([O-])CCCCC(=O)[O-].[OH-].[OH-].[Zn+2].[Zn+2].[Zn+2].[Zn+2].c1ccc(-c2cc(-c3cccc(-c4cc(-c5ccccc5)[nH]n4)n3)[n-]n2)cc1.c1ccc(-c2cc(-c3cccc(-c4cc(-c5ccccc5)[nH]n4)n3)[n-]n2)cc1.c1ccc(-c2cc(-c3cccc(-c4cc(-c5ccccc5)[nH]n4)n3)n[n-]2)cc1.c1ccc(-c2cc(-c3cccc(-c4cc(-c5ccccc5)[nH]n4)n3)n[n-]2)cc1. The molecule has 0 bridgehead atoms. The van der Waals surface area contributed by atoms with Gasteiger partial charge in [-0.05, 0) is 167 Å². The zero-order chi connectivity index (χ0) is 83.0. The van der Waals surface area contributed by atoms with Gasteiger partial charge in [0.05, 0.1) is 79.7 Å². The molecular formula is C98H78N20O8Zn4. The average molecular weight is 1930 g/mol. The standard InChI is InChI=1S/4C23H16N5.C6H10O4.4H2O.4Zn/c4*1-3-8-16(9-4-1)20-14-22(27-25-20)18-12-7-13-19(24-18)23-15-21(26-28-23)17-10-5-2-6-11-17;7-5(8)3-1-2-4-6(9)10;;;;;;;;/h4*1-15H,(H-,25,26,27,28);1-4H2,(H,7,8)(H,9,10);4*1H2;;;;/q4*-1;;;;;;4*+2/p-4. The molecule has 0 aliphatic carbocycles. The third kappa shape index (κ3) is 26.5. The fourth-order valence-electron chi connectivity index (χ4n) is 13.0. The smallest absolute Gasteiger partial charge is 0.870 e. The molecule has 12 aromatic heterocycles. The third-order valence-corrected chi connectivity index (χ3v) is 19.2. The van der Waals surface area contributed by atoms with Gasteiger partial charge in [0.2, 0.25) is 0 Å². The summed E-state index contributed by atoms with van der Waals surface area (Å²) in [7, 11) is 0. The van der Waals surface area contributed by atoms with E-state index < -0.39 is 11.9 Å². The molecule has 0 radical (unpaired) electrons. The topological polar surface area (TPSA) is 478 Å². The number of pyridine rings is 4. The number of nitrogens with zero attached hydrogens (tertiary/aromatic N) is 16. The maximum absolute atomic E-state index is 9.77. The second-order valence-electron chi connectivity index (χ2n) is 27.6. The fourth-order valence-corrected chi connectivity index (χ4v) is 13.0. The number of carbonyl (C=O) groups is 2. The summed E-state index contributed by atoms with van der Waals surface area (Å²) in [6, 6.07) is 120. The van der Waals surface area contributed by atoms with Gasteiger partial charge >= 0.3 is 77.9 Å². The Morgan fingerprint density at radius 1 is 0.223 bits per heavy atom. The van der Waals surface area contributed by atoms with Crippen molar-refractivity contribution >= 4 is 11.9 Å². The molecule has 32 heteroatoms.